The van der Waals surface area contributed by atoms with E-state index in [9.17, 15) is 14.9 Å². The molecule has 0 saturated heterocycles. The number of ether oxygens (including phenoxy) is 1. The number of thiophene rings is 1. The second-order valence-corrected chi connectivity index (χ2v) is 7.58. The molecule has 0 fully saturated rings. The van der Waals surface area contributed by atoms with Crippen LogP contribution in [0, 0.1) is 10.1 Å². The number of nitro groups is 1. The van der Waals surface area contributed by atoms with Crippen molar-refractivity contribution in [3.8, 4) is 5.75 Å². The SMILES string of the molecule is CCC[C@@H](C)c1ccc(OCC(=O)N/N=C\c2cc([N+](=O)[O-])c(CC)s2)cc1. The molecule has 0 bridgehead atoms. The average molecular weight is 404 g/mol. The van der Waals surface area contributed by atoms with Crippen LogP contribution in [-0.4, -0.2) is 23.7 Å². The molecular weight excluding hydrogens is 378 g/mol. The Balaban J connectivity index is 1.83. The standard InChI is InChI=1S/C20H25N3O4S/c1-4-6-14(3)15-7-9-16(10-8-15)27-13-20(24)22-21-12-17-11-18(23(25)26)19(5-2)28-17/h7-12,14H,4-6,13H2,1-3H3,(H,22,24)/b21-12-/t14-/m1/s1. The maximum absolute atomic E-state index is 11.8. The Kier molecular flexibility index (Phi) is 8.13. The van der Waals surface area contributed by atoms with Crippen molar-refractivity contribution in [2.24, 2.45) is 5.10 Å². The predicted molar refractivity (Wildman–Crippen MR) is 111 cm³/mol. The first-order chi connectivity index (χ1) is 13.4. The van der Waals surface area contributed by atoms with Crippen LogP contribution in [0.25, 0.3) is 0 Å². The lowest BCUT2D eigenvalue weighted by atomic mass is 9.97. The van der Waals surface area contributed by atoms with Gasteiger partial charge in [-0.3, -0.25) is 14.9 Å². The molecule has 0 radical (unpaired) electrons. The topological polar surface area (TPSA) is 93.8 Å². The number of hydrazone groups is 1. The molecule has 2 aromatic rings. The summed E-state index contributed by atoms with van der Waals surface area (Å²) in [6.07, 6.45) is 4.25. The molecule has 0 aliphatic heterocycles. The fraction of sp³-hybridized carbons (Fsp3) is 0.400. The lowest BCUT2D eigenvalue weighted by Gasteiger charge is -2.11. The molecule has 0 unspecified atom stereocenters. The van der Waals surface area contributed by atoms with Crippen LogP contribution in [0.1, 0.15) is 54.8 Å². The monoisotopic (exact) mass is 403 g/mol. The second kappa shape index (κ2) is 10.6. The molecule has 2 rings (SSSR count). The summed E-state index contributed by atoms with van der Waals surface area (Å²) in [6.45, 7) is 6.05. The van der Waals surface area contributed by atoms with Gasteiger partial charge in [-0.15, -0.1) is 11.3 Å². The van der Waals surface area contributed by atoms with Crippen molar-refractivity contribution in [1.29, 1.82) is 0 Å². The van der Waals surface area contributed by atoms with Crippen LogP contribution in [0.5, 0.6) is 5.75 Å². The van der Waals surface area contributed by atoms with E-state index in [0.717, 1.165) is 12.8 Å². The lowest BCUT2D eigenvalue weighted by Crippen LogP contribution is -2.24. The first-order valence-electron chi connectivity index (χ1n) is 9.26. The Hall–Kier alpha value is -2.74. The minimum absolute atomic E-state index is 0.0836. The van der Waals surface area contributed by atoms with Crippen LogP contribution in [-0.2, 0) is 11.2 Å². The first-order valence-corrected chi connectivity index (χ1v) is 10.1. The first kappa shape index (κ1) is 21.6. The van der Waals surface area contributed by atoms with E-state index in [-0.39, 0.29) is 12.3 Å². The quantitative estimate of drug-likeness (QED) is 0.355. The van der Waals surface area contributed by atoms with Gasteiger partial charge in [0.15, 0.2) is 6.61 Å². The van der Waals surface area contributed by atoms with Crippen LogP contribution >= 0.6 is 11.3 Å². The number of hydrogen-bond acceptors (Lipinski definition) is 6. The van der Waals surface area contributed by atoms with E-state index in [0.29, 0.717) is 27.8 Å². The zero-order valence-electron chi connectivity index (χ0n) is 16.3. The highest BCUT2D eigenvalue weighted by Gasteiger charge is 2.16. The molecule has 0 aliphatic rings. The van der Waals surface area contributed by atoms with Gasteiger partial charge < -0.3 is 4.74 Å². The summed E-state index contributed by atoms with van der Waals surface area (Å²) in [5, 5.41) is 14.8. The number of rotatable bonds is 10. The zero-order chi connectivity index (χ0) is 20.5. The summed E-state index contributed by atoms with van der Waals surface area (Å²) in [5.74, 6) is 0.715. The molecule has 28 heavy (non-hydrogen) atoms. The van der Waals surface area contributed by atoms with Gasteiger partial charge in [0.1, 0.15) is 5.75 Å². The number of benzene rings is 1. The van der Waals surface area contributed by atoms with E-state index in [1.54, 1.807) is 0 Å². The van der Waals surface area contributed by atoms with Gasteiger partial charge in [-0.2, -0.15) is 5.10 Å². The highest BCUT2D eigenvalue weighted by Crippen LogP contribution is 2.28. The maximum Gasteiger partial charge on any atom is 0.283 e. The molecular formula is C20H25N3O4S. The molecule has 0 spiro atoms. The van der Waals surface area contributed by atoms with Crippen LogP contribution in [0.3, 0.4) is 0 Å². The lowest BCUT2D eigenvalue weighted by molar-refractivity contribution is -0.385. The van der Waals surface area contributed by atoms with Gasteiger partial charge in [0.25, 0.3) is 11.6 Å². The average Bonchev–Trinajstić information content (AvgIpc) is 3.10. The number of carbonyl (C=O) groups excluding carboxylic acids is 1. The number of nitrogens with zero attached hydrogens (tertiary/aromatic N) is 2. The molecule has 0 aliphatic carbocycles. The molecule has 8 heteroatoms. The Morgan fingerprint density at radius 3 is 2.64 bits per heavy atom. The summed E-state index contributed by atoms with van der Waals surface area (Å²) >= 11 is 1.28. The molecule has 1 aromatic heterocycles. The van der Waals surface area contributed by atoms with Crippen molar-refractivity contribution in [2.45, 2.75) is 46.0 Å². The van der Waals surface area contributed by atoms with Gasteiger partial charge in [-0.05, 0) is 36.5 Å². The smallest absolute Gasteiger partial charge is 0.283 e. The third-order valence-electron chi connectivity index (χ3n) is 4.25. The maximum atomic E-state index is 11.8. The third-order valence-corrected chi connectivity index (χ3v) is 5.45. The number of hydrogen-bond donors (Lipinski definition) is 1. The minimum Gasteiger partial charge on any atom is -0.484 e. The van der Waals surface area contributed by atoms with E-state index in [1.165, 1.54) is 29.2 Å². The number of carbonyl (C=O) groups is 1. The van der Waals surface area contributed by atoms with Crippen molar-refractivity contribution in [2.75, 3.05) is 6.61 Å². The highest BCUT2D eigenvalue weighted by atomic mass is 32.1. The van der Waals surface area contributed by atoms with Crippen LogP contribution in [0.2, 0.25) is 0 Å². The summed E-state index contributed by atoms with van der Waals surface area (Å²) < 4.78 is 5.46. The van der Waals surface area contributed by atoms with Gasteiger partial charge in [0.05, 0.1) is 20.9 Å². The Labute approximate surface area is 168 Å². The molecule has 1 amide bonds. The van der Waals surface area contributed by atoms with Gasteiger partial charge in [0.2, 0.25) is 0 Å². The fourth-order valence-electron chi connectivity index (χ4n) is 2.75. The number of nitrogens with one attached hydrogen (secondary N) is 1. The zero-order valence-corrected chi connectivity index (χ0v) is 17.1. The van der Waals surface area contributed by atoms with Crippen molar-refractivity contribution in [3.63, 3.8) is 0 Å². The second-order valence-electron chi connectivity index (χ2n) is 6.41. The Bertz CT molecular complexity index is 830. The molecule has 7 nitrogen and oxygen atoms in total. The van der Waals surface area contributed by atoms with Crippen LogP contribution < -0.4 is 10.2 Å². The van der Waals surface area contributed by atoms with E-state index in [1.807, 2.05) is 31.2 Å². The number of amides is 1. The van der Waals surface area contributed by atoms with E-state index in [4.69, 9.17) is 4.74 Å². The summed E-state index contributed by atoms with van der Waals surface area (Å²) in [5.41, 5.74) is 3.70. The van der Waals surface area contributed by atoms with Crippen LogP contribution in [0.4, 0.5) is 5.69 Å². The van der Waals surface area contributed by atoms with Crippen LogP contribution in [0.15, 0.2) is 35.4 Å². The Morgan fingerprint density at radius 2 is 2.07 bits per heavy atom. The van der Waals surface area contributed by atoms with E-state index in [2.05, 4.69) is 24.4 Å². The molecule has 1 aromatic carbocycles. The molecule has 1 heterocycles. The number of aryl methyl sites for hydroxylation is 1. The molecule has 1 N–H and O–H groups in total. The largest absolute Gasteiger partial charge is 0.484 e. The molecule has 0 saturated carbocycles. The fourth-order valence-corrected chi connectivity index (χ4v) is 3.69. The normalized spacial score (nSPS) is 12.1. The van der Waals surface area contributed by atoms with Crippen molar-refractivity contribution in [3.05, 3.63) is 55.8 Å². The third kappa shape index (κ3) is 6.16. The van der Waals surface area contributed by atoms with Crippen molar-refractivity contribution < 1.29 is 14.5 Å². The van der Waals surface area contributed by atoms with Gasteiger partial charge in [-0.1, -0.05) is 39.3 Å². The van der Waals surface area contributed by atoms with Gasteiger partial charge >= 0.3 is 0 Å². The molecule has 150 valence electrons. The van der Waals surface area contributed by atoms with Gasteiger partial charge in [0, 0.05) is 6.07 Å². The summed E-state index contributed by atoms with van der Waals surface area (Å²) in [6, 6.07) is 9.20. The van der Waals surface area contributed by atoms with E-state index < -0.39 is 10.8 Å². The highest BCUT2D eigenvalue weighted by molar-refractivity contribution is 7.14. The van der Waals surface area contributed by atoms with Crippen molar-refractivity contribution >= 4 is 29.1 Å². The minimum atomic E-state index is -0.409. The summed E-state index contributed by atoms with van der Waals surface area (Å²) in [7, 11) is 0. The summed E-state index contributed by atoms with van der Waals surface area (Å²) in [4.78, 5) is 23.7. The van der Waals surface area contributed by atoms with Gasteiger partial charge in [-0.25, -0.2) is 5.43 Å². The predicted octanol–water partition coefficient (Wildman–Crippen LogP) is 4.65. The molecule has 1 atom stereocenters. The van der Waals surface area contributed by atoms with E-state index >= 15 is 0 Å². The Morgan fingerprint density at radius 1 is 1.36 bits per heavy atom. The van der Waals surface area contributed by atoms with Crippen molar-refractivity contribution in [1.82, 2.24) is 5.43 Å².